The zero-order chi connectivity index (χ0) is 25.1. The van der Waals surface area contributed by atoms with Gasteiger partial charge in [0.1, 0.15) is 11.5 Å². The molecule has 0 radical (unpaired) electrons. The Labute approximate surface area is 209 Å². The van der Waals surface area contributed by atoms with Crippen LogP contribution in [0.5, 0.6) is 11.5 Å². The first-order valence-corrected chi connectivity index (χ1v) is 13.5. The van der Waals surface area contributed by atoms with E-state index >= 15 is 0 Å². The maximum Gasteiger partial charge on any atom is 0.338 e. The Morgan fingerprint density at radius 3 is 2.09 bits per heavy atom. The lowest BCUT2D eigenvalue weighted by molar-refractivity contribution is 0.0499. The number of ether oxygens (including phenoxy) is 3. The van der Waals surface area contributed by atoms with Gasteiger partial charge in [0.05, 0.1) is 36.5 Å². The molecule has 0 heterocycles. The predicted molar refractivity (Wildman–Crippen MR) is 136 cm³/mol. The van der Waals surface area contributed by atoms with Crippen LogP contribution in [0.15, 0.2) is 30.3 Å². The van der Waals surface area contributed by atoms with E-state index in [0.717, 1.165) is 19.3 Å². The number of carbonyl (C=O) groups is 3. The Morgan fingerprint density at radius 2 is 1.47 bits per heavy atom. The van der Waals surface area contributed by atoms with Crippen molar-refractivity contribution in [1.29, 1.82) is 0 Å². The summed E-state index contributed by atoms with van der Waals surface area (Å²) in [5, 5.41) is 0. The molecule has 184 valence electrons. The number of unbranched alkanes of at least 4 members (excludes halogenated alkanes) is 1. The summed E-state index contributed by atoms with van der Waals surface area (Å²) in [6.45, 7) is 6.99. The molecule has 0 N–H and O–H groups in total. The lowest BCUT2D eigenvalue weighted by atomic mass is 9.82. The molecule has 6 nitrogen and oxygen atoms in total. The molecular formula is C26H31ClO6S. The molecule has 0 fully saturated rings. The van der Waals surface area contributed by atoms with Crippen LogP contribution in [-0.4, -0.2) is 43.6 Å². The number of carbonyl (C=O) groups excluding carboxylic acids is 3. The summed E-state index contributed by atoms with van der Waals surface area (Å²) in [5.41, 5.74) is 1.03. The van der Waals surface area contributed by atoms with Gasteiger partial charge in [0, 0.05) is 11.1 Å². The molecule has 0 bridgehead atoms. The van der Waals surface area contributed by atoms with Crippen LogP contribution in [0.3, 0.4) is 0 Å². The Hall–Kier alpha value is -2.51. The second kappa shape index (κ2) is 14.0. The van der Waals surface area contributed by atoms with E-state index in [2.05, 4.69) is 0 Å². The smallest absolute Gasteiger partial charge is 0.338 e. The van der Waals surface area contributed by atoms with Crippen molar-refractivity contribution < 1.29 is 28.6 Å². The summed E-state index contributed by atoms with van der Waals surface area (Å²) in [5.74, 6) is -0.614. The maximum absolute atomic E-state index is 13.5. The van der Waals surface area contributed by atoms with Crippen LogP contribution < -0.4 is 9.47 Å². The summed E-state index contributed by atoms with van der Waals surface area (Å²) >= 11 is 0. The number of halogens is 1. The number of fused-ring (bicyclic) bond motifs is 2. The van der Waals surface area contributed by atoms with E-state index < -0.39 is 5.97 Å². The number of hydrogen-bond donors (Lipinski definition) is 0. The second-order valence-corrected chi connectivity index (χ2v) is 8.81. The SMILES string of the molecule is CCCCOC(=O)c1cc(OCCC)c2c(c1)C(=O)c1cccc(OCCC)c1C2=O.CSCl. The zero-order valence-corrected chi connectivity index (χ0v) is 21.6. The lowest BCUT2D eigenvalue weighted by Gasteiger charge is -2.23. The van der Waals surface area contributed by atoms with E-state index in [1.165, 1.54) is 23.1 Å². The second-order valence-electron chi connectivity index (χ2n) is 7.57. The van der Waals surface area contributed by atoms with Gasteiger partial charge in [-0.05, 0) is 54.4 Å². The van der Waals surface area contributed by atoms with Crippen LogP contribution in [0, 0.1) is 0 Å². The van der Waals surface area contributed by atoms with E-state index in [4.69, 9.17) is 24.9 Å². The van der Waals surface area contributed by atoms with Crippen LogP contribution in [0.1, 0.15) is 88.7 Å². The summed E-state index contributed by atoms with van der Waals surface area (Å²) in [6.07, 6.45) is 4.94. The van der Waals surface area contributed by atoms with E-state index in [1.807, 2.05) is 27.0 Å². The van der Waals surface area contributed by atoms with Crippen LogP contribution in [0.4, 0.5) is 0 Å². The minimum Gasteiger partial charge on any atom is -0.493 e. The summed E-state index contributed by atoms with van der Waals surface area (Å²) in [4.78, 5) is 39.4. The van der Waals surface area contributed by atoms with Gasteiger partial charge in [0.25, 0.3) is 0 Å². The van der Waals surface area contributed by atoms with Crippen molar-refractivity contribution in [3.05, 3.63) is 58.1 Å². The fourth-order valence-electron chi connectivity index (χ4n) is 3.42. The molecule has 34 heavy (non-hydrogen) atoms. The Kier molecular flexibility index (Phi) is 11.4. The number of esters is 1. The van der Waals surface area contributed by atoms with Crippen molar-refractivity contribution in [3.8, 4) is 11.5 Å². The molecule has 1 aliphatic carbocycles. The largest absolute Gasteiger partial charge is 0.493 e. The number of benzene rings is 2. The van der Waals surface area contributed by atoms with Crippen LogP contribution in [0.2, 0.25) is 0 Å². The monoisotopic (exact) mass is 506 g/mol. The fourth-order valence-corrected chi connectivity index (χ4v) is 3.42. The van der Waals surface area contributed by atoms with Gasteiger partial charge >= 0.3 is 5.97 Å². The molecule has 3 rings (SSSR count). The van der Waals surface area contributed by atoms with Gasteiger partial charge in [-0.1, -0.05) is 50.3 Å². The quantitative estimate of drug-likeness (QED) is 0.229. The molecule has 0 saturated carbocycles. The van der Waals surface area contributed by atoms with Gasteiger partial charge in [-0.3, -0.25) is 9.59 Å². The summed E-state index contributed by atoms with van der Waals surface area (Å²) in [7, 11) is 6.14. The van der Waals surface area contributed by atoms with Crippen molar-refractivity contribution in [2.45, 2.75) is 46.5 Å². The van der Waals surface area contributed by atoms with E-state index in [0.29, 0.717) is 32.0 Å². The van der Waals surface area contributed by atoms with Gasteiger partial charge in [-0.25, -0.2) is 4.79 Å². The van der Waals surface area contributed by atoms with Crippen LogP contribution in [0.25, 0.3) is 0 Å². The standard InChI is InChI=1S/C25H28O6.CH3ClS/c1-4-7-13-31-25(28)16-14-18-22(20(15-16)30-12-6-3)24(27)21-17(23(18)26)9-8-10-19(21)29-11-5-2;1-3-2/h8-10,14-15H,4-7,11-13H2,1-3H3;1H3. The molecular weight excluding hydrogens is 476 g/mol. The molecule has 0 aliphatic heterocycles. The normalized spacial score (nSPS) is 11.7. The minimum absolute atomic E-state index is 0.154. The minimum atomic E-state index is -0.538. The van der Waals surface area contributed by atoms with Gasteiger partial charge in [-0.2, -0.15) is 0 Å². The molecule has 2 aromatic carbocycles. The average molecular weight is 507 g/mol. The fraction of sp³-hybridized carbons (Fsp3) is 0.423. The summed E-state index contributed by atoms with van der Waals surface area (Å²) < 4.78 is 16.8. The van der Waals surface area contributed by atoms with Gasteiger partial charge in [-0.15, -0.1) is 0 Å². The first-order chi connectivity index (χ1) is 16.4. The van der Waals surface area contributed by atoms with Gasteiger partial charge < -0.3 is 14.2 Å². The van der Waals surface area contributed by atoms with Crippen molar-refractivity contribution >= 4 is 39.2 Å². The van der Waals surface area contributed by atoms with Crippen molar-refractivity contribution in [3.63, 3.8) is 0 Å². The molecule has 0 aromatic heterocycles. The van der Waals surface area contributed by atoms with E-state index in [1.54, 1.807) is 18.2 Å². The van der Waals surface area contributed by atoms with Gasteiger partial charge in [0.15, 0.2) is 5.78 Å². The molecule has 0 atom stereocenters. The van der Waals surface area contributed by atoms with Crippen molar-refractivity contribution in [2.24, 2.45) is 0 Å². The predicted octanol–water partition coefficient (Wildman–Crippen LogP) is 6.50. The first kappa shape index (κ1) is 27.7. The lowest BCUT2D eigenvalue weighted by Crippen LogP contribution is -2.24. The Bertz CT molecular complexity index is 1020. The Balaban J connectivity index is 0.00000129. The molecule has 0 unspecified atom stereocenters. The highest BCUT2D eigenvalue weighted by atomic mass is 35.7. The Morgan fingerprint density at radius 1 is 0.853 bits per heavy atom. The molecule has 0 saturated heterocycles. The number of hydrogen-bond acceptors (Lipinski definition) is 7. The molecule has 0 spiro atoms. The van der Waals surface area contributed by atoms with Gasteiger partial charge in [0.2, 0.25) is 5.78 Å². The molecule has 0 amide bonds. The zero-order valence-electron chi connectivity index (χ0n) is 20.1. The average Bonchev–Trinajstić information content (AvgIpc) is 2.84. The van der Waals surface area contributed by atoms with Crippen molar-refractivity contribution in [1.82, 2.24) is 0 Å². The van der Waals surface area contributed by atoms with Crippen LogP contribution >= 0.6 is 21.7 Å². The number of ketones is 2. The third kappa shape index (κ3) is 6.54. The maximum atomic E-state index is 13.5. The summed E-state index contributed by atoms with van der Waals surface area (Å²) in [6, 6.07) is 7.92. The highest BCUT2D eigenvalue weighted by molar-refractivity contribution is 8.20. The molecule has 1 aliphatic rings. The van der Waals surface area contributed by atoms with Crippen LogP contribution in [-0.2, 0) is 4.74 Å². The van der Waals surface area contributed by atoms with Crippen molar-refractivity contribution in [2.75, 3.05) is 26.1 Å². The number of rotatable bonds is 10. The van der Waals surface area contributed by atoms with E-state index in [9.17, 15) is 14.4 Å². The highest BCUT2D eigenvalue weighted by Gasteiger charge is 2.36. The highest BCUT2D eigenvalue weighted by Crippen LogP contribution is 2.38. The topological polar surface area (TPSA) is 78.9 Å². The third-order valence-electron chi connectivity index (χ3n) is 4.96. The molecule has 8 heteroatoms. The first-order valence-electron chi connectivity index (χ1n) is 11.4. The van der Waals surface area contributed by atoms with E-state index in [-0.39, 0.29) is 45.1 Å². The third-order valence-corrected chi connectivity index (χ3v) is 4.96. The molecule has 2 aromatic rings.